The van der Waals surface area contributed by atoms with E-state index >= 15 is 0 Å². The van der Waals surface area contributed by atoms with Crippen LogP contribution in [0.15, 0.2) is 47.4 Å². The number of fused-ring (bicyclic) bond motifs is 1. The summed E-state index contributed by atoms with van der Waals surface area (Å²) in [6.45, 7) is 4.04. The van der Waals surface area contributed by atoms with Crippen molar-refractivity contribution in [2.24, 2.45) is 0 Å². The number of likely N-dealkylation sites (tertiary alicyclic amines) is 1. The minimum atomic E-state index is -3.62. The minimum Gasteiger partial charge on any atom is -0.350 e. The molecule has 0 aliphatic carbocycles. The van der Waals surface area contributed by atoms with Crippen LogP contribution in [-0.4, -0.2) is 47.0 Å². The first kappa shape index (κ1) is 18.8. The first-order chi connectivity index (χ1) is 12.5. The Labute approximate surface area is 154 Å². The van der Waals surface area contributed by atoms with Crippen molar-refractivity contribution < 1.29 is 18.1 Å². The van der Waals surface area contributed by atoms with E-state index in [0.29, 0.717) is 6.54 Å². The molecular formula is C19H26N3O3S+. The van der Waals surface area contributed by atoms with Crippen LogP contribution < -0.4 is 14.9 Å². The summed E-state index contributed by atoms with van der Waals surface area (Å²) in [7, 11) is -3.62. The molecule has 140 valence electrons. The van der Waals surface area contributed by atoms with E-state index in [0.717, 1.165) is 17.3 Å². The van der Waals surface area contributed by atoms with Crippen LogP contribution in [0.25, 0.3) is 10.8 Å². The van der Waals surface area contributed by atoms with Crippen molar-refractivity contribution >= 4 is 26.7 Å². The number of quaternary nitrogens is 1. The van der Waals surface area contributed by atoms with Gasteiger partial charge < -0.3 is 10.2 Å². The largest absolute Gasteiger partial charge is 0.350 e. The number of hydrogen-bond acceptors (Lipinski definition) is 3. The highest BCUT2D eigenvalue weighted by Crippen LogP contribution is 2.18. The molecule has 1 fully saturated rings. The van der Waals surface area contributed by atoms with Gasteiger partial charge in [0.25, 0.3) is 0 Å². The third-order valence-corrected chi connectivity index (χ3v) is 6.25. The molecule has 2 aromatic rings. The third kappa shape index (κ3) is 5.03. The third-order valence-electron chi connectivity index (χ3n) is 4.79. The summed E-state index contributed by atoms with van der Waals surface area (Å²) in [5.74, 6) is -0.121. The SMILES string of the molecule is O=C(CCNS(=O)(=O)c1ccc2ccccc2c1)NCC[NH+]1CCCC1. The molecular weight excluding hydrogens is 350 g/mol. The van der Waals surface area contributed by atoms with E-state index in [9.17, 15) is 13.2 Å². The van der Waals surface area contributed by atoms with Gasteiger partial charge in [-0.25, -0.2) is 13.1 Å². The molecule has 0 saturated carbocycles. The number of nitrogens with one attached hydrogen (secondary N) is 3. The Morgan fingerprint density at radius 3 is 2.50 bits per heavy atom. The molecule has 0 spiro atoms. The molecule has 0 bridgehead atoms. The van der Waals surface area contributed by atoms with Crippen LogP contribution in [0.1, 0.15) is 19.3 Å². The van der Waals surface area contributed by atoms with Crippen LogP contribution in [0, 0.1) is 0 Å². The predicted molar refractivity (Wildman–Crippen MR) is 102 cm³/mol. The number of carbonyl (C=O) groups excluding carboxylic acids is 1. The van der Waals surface area contributed by atoms with Crippen LogP contribution in [0.4, 0.5) is 0 Å². The molecule has 0 unspecified atom stereocenters. The maximum absolute atomic E-state index is 12.4. The van der Waals surface area contributed by atoms with E-state index in [1.54, 1.807) is 18.2 Å². The highest BCUT2D eigenvalue weighted by molar-refractivity contribution is 7.89. The van der Waals surface area contributed by atoms with Gasteiger partial charge in [-0.15, -0.1) is 0 Å². The normalized spacial score (nSPS) is 15.4. The summed E-state index contributed by atoms with van der Waals surface area (Å²) in [5, 5.41) is 4.73. The second kappa shape index (κ2) is 8.62. The molecule has 0 radical (unpaired) electrons. The van der Waals surface area contributed by atoms with Crippen LogP contribution in [0.2, 0.25) is 0 Å². The Morgan fingerprint density at radius 1 is 1.00 bits per heavy atom. The Bertz CT molecular complexity index is 861. The van der Waals surface area contributed by atoms with E-state index in [1.165, 1.54) is 30.8 Å². The summed E-state index contributed by atoms with van der Waals surface area (Å²) in [6.07, 6.45) is 2.67. The molecule has 3 rings (SSSR count). The van der Waals surface area contributed by atoms with Crippen LogP contribution in [0.5, 0.6) is 0 Å². The Balaban J connectivity index is 1.45. The number of rotatable bonds is 8. The monoisotopic (exact) mass is 376 g/mol. The standard InChI is InChI=1S/C19H25N3O3S/c23-19(20-11-14-22-12-3-4-13-22)9-10-21-26(24,25)18-8-7-16-5-1-2-6-17(16)15-18/h1-2,5-8,15,21H,3-4,9-14H2,(H,20,23)/p+1. The first-order valence-corrected chi connectivity index (χ1v) is 10.6. The van der Waals surface area contributed by atoms with Crippen molar-refractivity contribution in [1.29, 1.82) is 0 Å². The van der Waals surface area contributed by atoms with Crippen LogP contribution in [0.3, 0.4) is 0 Å². The Morgan fingerprint density at radius 2 is 1.73 bits per heavy atom. The molecule has 1 aliphatic rings. The van der Waals surface area contributed by atoms with Crippen molar-refractivity contribution in [1.82, 2.24) is 10.0 Å². The molecule has 2 aromatic carbocycles. The molecule has 6 nitrogen and oxygen atoms in total. The fourth-order valence-electron chi connectivity index (χ4n) is 3.31. The van der Waals surface area contributed by atoms with Gasteiger partial charge in [0.2, 0.25) is 15.9 Å². The smallest absolute Gasteiger partial charge is 0.240 e. The fraction of sp³-hybridized carbons (Fsp3) is 0.421. The summed E-state index contributed by atoms with van der Waals surface area (Å²) in [6, 6.07) is 12.6. The van der Waals surface area contributed by atoms with Crippen molar-refractivity contribution in [3.63, 3.8) is 0 Å². The zero-order valence-corrected chi connectivity index (χ0v) is 15.6. The van der Waals surface area contributed by atoms with Gasteiger partial charge in [-0.05, 0) is 22.9 Å². The molecule has 1 aliphatic heterocycles. The van der Waals surface area contributed by atoms with E-state index in [2.05, 4.69) is 10.0 Å². The highest BCUT2D eigenvalue weighted by Gasteiger charge is 2.16. The second-order valence-electron chi connectivity index (χ2n) is 6.71. The van der Waals surface area contributed by atoms with Gasteiger partial charge in [0.05, 0.1) is 31.1 Å². The summed E-state index contributed by atoms with van der Waals surface area (Å²) < 4.78 is 27.3. The summed E-state index contributed by atoms with van der Waals surface area (Å²) in [5.41, 5.74) is 0. The van der Waals surface area contributed by atoms with Gasteiger partial charge in [0.1, 0.15) is 0 Å². The zero-order valence-electron chi connectivity index (χ0n) is 14.8. The molecule has 1 amide bonds. The number of hydrogen-bond donors (Lipinski definition) is 3. The van der Waals surface area contributed by atoms with E-state index in [4.69, 9.17) is 0 Å². The maximum Gasteiger partial charge on any atom is 0.240 e. The molecule has 1 heterocycles. The zero-order chi connectivity index (χ0) is 18.4. The molecule has 7 heteroatoms. The Hall–Kier alpha value is -1.96. The minimum absolute atomic E-state index is 0.0948. The second-order valence-corrected chi connectivity index (χ2v) is 8.48. The lowest BCUT2D eigenvalue weighted by atomic mass is 10.1. The molecule has 3 N–H and O–H groups in total. The van der Waals surface area contributed by atoms with Gasteiger partial charge in [-0.2, -0.15) is 0 Å². The van der Waals surface area contributed by atoms with Gasteiger partial charge in [-0.1, -0.05) is 30.3 Å². The lowest BCUT2D eigenvalue weighted by Gasteiger charge is -2.12. The van der Waals surface area contributed by atoms with Gasteiger partial charge in [-0.3, -0.25) is 4.79 Å². The Kier molecular flexibility index (Phi) is 6.24. The van der Waals surface area contributed by atoms with Crippen LogP contribution >= 0.6 is 0 Å². The van der Waals surface area contributed by atoms with Gasteiger partial charge >= 0.3 is 0 Å². The van der Waals surface area contributed by atoms with Gasteiger partial charge in [0, 0.05) is 25.8 Å². The van der Waals surface area contributed by atoms with Crippen molar-refractivity contribution in [3.05, 3.63) is 42.5 Å². The summed E-state index contributed by atoms with van der Waals surface area (Å²) >= 11 is 0. The fourth-order valence-corrected chi connectivity index (χ4v) is 4.38. The average molecular weight is 377 g/mol. The molecule has 0 atom stereocenters. The lowest BCUT2D eigenvalue weighted by molar-refractivity contribution is -0.886. The average Bonchev–Trinajstić information content (AvgIpc) is 3.14. The van der Waals surface area contributed by atoms with Crippen LogP contribution in [-0.2, 0) is 14.8 Å². The molecule has 1 saturated heterocycles. The van der Waals surface area contributed by atoms with Gasteiger partial charge in [0.15, 0.2) is 0 Å². The van der Waals surface area contributed by atoms with Crippen molar-refractivity contribution in [2.75, 3.05) is 32.7 Å². The topological polar surface area (TPSA) is 79.7 Å². The number of amides is 1. The number of sulfonamides is 1. The summed E-state index contributed by atoms with van der Waals surface area (Å²) in [4.78, 5) is 13.6. The highest BCUT2D eigenvalue weighted by atomic mass is 32.2. The lowest BCUT2D eigenvalue weighted by Crippen LogP contribution is -3.10. The maximum atomic E-state index is 12.4. The molecule has 26 heavy (non-hydrogen) atoms. The first-order valence-electron chi connectivity index (χ1n) is 9.13. The van der Waals surface area contributed by atoms with E-state index in [1.807, 2.05) is 24.3 Å². The van der Waals surface area contributed by atoms with Crippen molar-refractivity contribution in [3.8, 4) is 0 Å². The quantitative estimate of drug-likeness (QED) is 0.620. The van der Waals surface area contributed by atoms with Crippen molar-refractivity contribution in [2.45, 2.75) is 24.2 Å². The molecule has 0 aromatic heterocycles. The number of carbonyl (C=O) groups is 1. The predicted octanol–water partition coefficient (Wildman–Crippen LogP) is 0.303. The van der Waals surface area contributed by atoms with E-state index in [-0.39, 0.29) is 23.8 Å². The number of benzene rings is 2. The van der Waals surface area contributed by atoms with E-state index < -0.39 is 10.0 Å².